The smallest absolute Gasteiger partial charge is 0.335 e. The van der Waals surface area contributed by atoms with Crippen LogP contribution in [0.3, 0.4) is 0 Å². The number of aromatic carboxylic acids is 1. The topological polar surface area (TPSA) is 112 Å². The van der Waals surface area contributed by atoms with Crippen molar-refractivity contribution in [3.05, 3.63) is 65.4 Å². The van der Waals surface area contributed by atoms with Crippen LogP contribution in [0.2, 0.25) is 0 Å². The Kier molecular flexibility index (Phi) is 6.83. The fraction of sp³-hybridized carbons (Fsp3) is 0.250. The van der Waals surface area contributed by atoms with Crippen molar-refractivity contribution in [3.8, 4) is 17.0 Å². The molecular formula is C24H27N5O3S. The lowest BCUT2D eigenvalue weighted by Crippen LogP contribution is -2.25. The van der Waals surface area contributed by atoms with E-state index in [-0.39, 0.29) is 21.8 Å². The summed E-state index contributed by atoms with van der Waals surface area (Å²) in [7, 11) is 1.77. The van der Waals surface area contributed by atoms with Gasteiger partial charge in [-0.1, -0.05) is 45.0 Å². The van der Waals surface area contributed by atoms with Crippen LogP contribution in [0.25, 0.3) is 11.3 Å². The summed E-state index contributed by atoms with van der Waals surface area (Å²) in [6, 6.07) is 14.2. The number of rotatable bonds is 5. The van der Waals surface area contributed by atoms with E-state index in [4.69, 9.17) is 17.3 Å². The molecule has 8 nitrogen and oxygen atoms in total. The second-order valence-electron chi connectivity index (χ2n) is 8.64. The van der Waals surface area contributed by atoms with Gasteiger partial charge in [0.2, 0.25) is 0 Å². The van der Waals surface area contributed by atoms with Crippen LogP contribution < -0.4 is 10.7 Å². The van der Waals surface area contributed by atoms with Crippen molar-refractivity contribution >= 4 is 34.7 Å². The summed E-state index contributed by atoms with van der Waals surface area (Å²) < 4.78 is 1.62. The summed E-state index contributed by atoms with van der Waals surface area (Å²) >= 11 is 5.24. The zero-order valence-electron chi connectivity index (χ0n) is 19.2. The Morgan fingerprint density at radius 1 is 1.09 bits per heavy atom. The minimum Gasteiger partial charge on any atom is -0.504 e. The summed E-state index contributed by atoms with van der Waals surface area (Å²) in [5.74, 6) is -0.964. The van der Waals surface area contributed by atoms with Crippen LogP contribution in [-0.4, -0.2) is 36.8 Å². The SMILES string of the molecule is C/C(=N\NC(=S)Nc1ccc(C(=O)O)cc1)c1nn(C)c(-c2ccc(C(C)(C)C)cc2)c1O. The summed E-state index contributed by atoms with van der Waals surface area (Å²) in [4.78, 5) is 10.9. The van der Waals surface area contributed by atoms with Crippen LogP contribution in [-0.2, 0) is 12.5 Å². The van der Waals surface area contributed by atoms with E-state index in [1.165, 1.54) is 17.7 Å². The Labute approximate surface area is 198 Å². The van der Waals surface area contributed by atoms with Crippen molar-refractivity contribution < 1.29 is 15.0 Å². The molecule has 0 bridgehead atoms. The molecule has 0 fully saturated rings. The predicted octanol–water partition coefficient (Wildman–Crippen LogP) is 4.50. The molecular weight excluding hydrogens is 438 g/mol. The van der Waals surface area contributed by atoms with Gasteiger partial charge in [-0.15, -0.1) is 0 Å². The third kappa shape index (κ3) is 5.56. The molecule has 1 heterocycles. The van der Waals surface area contributed by atoms with Gasteiger partial charge in [0.1, 0.15) is 5.69 Å². The molecule has 0 unspecified atom stereocenters. The Hall–Kier alpha value is -3.72. The molecule has 0 aliphatic rings. The van der Waals surface area contributed by atoms with Gasteiger partial charge in [0.05, 0.1) is 11.3 Å². The molecule has 0 saturated heterocycles. The molecule has 0 aliphatic carbocycles. The maximum Gasteiger partial charge on any atom is 0.335 e. The van der Waals surface area contributed by atoms with Gasteiger partial charge in [0, 0.05) is 18.3 Å². The molecule has 0 saturated carbocycles. The van der Waals surface area contributed by atoms with Crippen molar-refractivity contribution in [2.75, 3.05) is 5.32 Å². The molecule has 2 aromatic carbocycles. The first-order valence-electron chi connectivity index (χ1n) is 10.3. The van der Waals surface area contributed by atoms with E-state index in [0.29, 0.717) is 22.8 Å². The van der Waals surface area contributed by atoms with E-state index in [1.807, 2.05) is 12.1 Å². The van der Waals surface area contributed by atoms with Crippen LogP contribution in [0.5, 0.6) is 5.75 Å². The fourth-order valence-corrected chi connectivity index (χ4v) is 3.41. The van der Waals surface area contributed by atoms with Crippen LogP contribution in [0.4, 0.5) is 5.69 Å². The van der Waals surface area contributed by atoms with Gasteiger partial charge >= 0.3 is 5.97 Å². The summed E-state index contributed by atoms with van der Waals surface area (Å²) in [6.07, 6.45) is 0. The third-order valence-corrected chi connectivity index (χ3v) is 5.30. The standard InChI is InChI=1S/C24H27N5O3S/c1-14(26-27-23(33)25-18-12-8-16(9-13-18)22(31)32)19-21(30)20(29(5)28-19)15-6-10-17(11-7-15)24(2,3)4/h6-13,30H,1-5H3,(H,31,32)(H2,25,27,33)/b26-14+. The molecule has 0 spiro atoms. The molecule has 0 amide bonds. The Morgan fingerprint density at radius 3 is 2.24 bits per heavy atom. The lowest BCUT2D eigenvalue weighted by molar-refractivity contribution is 0.0697. The Bertz CT molecular complexity index is 1210. The molecule has 1 aromatic heterocycles. The second-order valence-corrected chi connectivity index (χ2v) is 9.05. The highest BCUT2D eigenvalue weighted by Crippen LogP contribution is 2.33. The normalized spacial score (nSPS) is 11.8. The van der Waals surface area contributed by atoms with E-state index in [2.05, 4.69) is 53.8 Å². The average Bonchev–Trinajstić information content (AvgIpc) is 3.06. The molecule has 33 heavy (non-hydrogen) atoms. The van der Waals surface area contributed by atoms with Crippen LogP contribution in [0.15, 0.2) is 53.6 Å². The predicted molar refractivity (Wildman–Crippen MR) is 134 cm³/mol. The lowest BCUT2D eigenvalue weighted by Gasteiger charge is -2.19. The van der Waals surface area contributed by atoms with E-state index in [9.17, 15) is 9.90 Å². The monoisotopic (exact) mass is 465 g/mol. The number of hydrogen-bond donors (Lipinski definition) is 4. The molecule has 4 N–H and O–H groups in total. The van der Waals surface area contributed by atoms with Crippen LogP contribution >= 0.6 is 12.2 Å². The highest BCUT2D eigenvalue weighted by molar-refractivity contribution is 7.80. The maximum atomic E-state index is 10.9. The van der Waals surface area contributed by atoms with Crippen molar-refractivity contribution in [2.45, 2.75) is 33.1 Å². The first-order valence-corrected chi connectivity index (χ1v) is 10.7. The third-order valence-electron chi connectivity index (χ3n) is 5.10. The number of carbonyl (C=O) groups is 1. The number of hydrogen-bond acceptors (Lipinski definition) is 5. The number of thiocarbonyl (C=S) groups is 1. The van der Waals surface area contributed by atoms with Gasteiger partial charge in [-0.2, -0.15) is 10.2 Å². The quantitative estimate of drug-likeness (QED) is 0.249. The van der Waals surface area contributed by atoms with Crippen LogP contribution in [0.1, 0.15) is 49.3 Å². The number of aromatic hydroxyl groups is 1. The maximum absolute atomic E-state index is 10.9. The number of aryl methyl sites for hydroxylation is 1. The Balaban J connectivity index is 1.74. The first kappa shape index (κ1) is 23.9. The summed E-state index contributed by atoms with van der Waals surface area (Å²) in [6.45, 7) is 8.17. The van der Waals surface area contributed by atoms with E-state index in [1.54, 1.807) is 30.8 Å². The van der Waals surface area contributed by atoms with Gasteiger partial charge < -0.3 is 15.5 Å². The number of nitrogens with zero attached hydrogens (tertiary/aromatic N) is 3. The molecule has 0 atom stereocenters. The molecule has 172 valence electrons. The summed E-state index contributed by atoms with van der Waals surface area (Å²) in [5.41, 5.74) is 7.00. The highest BCUT2D eigenvalue weighted by atomic mass is 32.1. The minimum absolute atomic E-state index is 0.0344. The minimum atomic E-state index is -0.998. The largest absolute Gasteiger partial charge is 0.504 e. The molecule has 3 aromatic rings. The number of hydrazone groups is 1. The van der Waals surface area contributed by atoms with Gasteiger partial charge in [-0.05, 0) is 54.4 Å². The molecule has 3 rings (SSSR count). The van der Waals surface area contributed by atoms with Crippen molar-refractivity contribution in [1.29, 1.82) is 0 Å². The van der Waals surface area contributed by atoms with Crippen molar-refractivity contribution in [1.82, 2.24) is 15.2 Å². The number of carboxylic acids is 1. The second kappa shape index (κ2) is 9.41. The van der Waals surface area contributed by atoms with Gasteiger partial charge in [0.25, 0.3) is 0 Å². The van der Waals surface area contributed by atoms with Crippen molar-refractivity contribution in [2.24, 2.45) is 12.1 Å². The number of aromatic nitrogens is 2. The number of anilines is 1. The number of carboxylic acid groups (broad SMARTS) is 1. The van der Waals surface area contributed by atoms with Crippen molar-refractivity contribution in [3.63, 3.8) is 0 Å². The highest BCUT2D eigenvalue weighted by Gasteiger charge is 2.20. The molecule has 0 radical (unpaired) electrons. The van der Waals surface area contributed by atoms with E-state index >= 15 is 0 Å². The number of nitrogens with one attached hydrogen (secondary N) is 2. The first-order chi connectivity index (χ1) is 15.5. The average molecular weight is 466 g/mol. The Morgan fingerprint density at radius 2 is 1.70 bits per heavy atom. The summed E-state index contributed by atoms with van der Waals surface area (Å²) in [5, 5.41) is 31.6. The lowest BCUT2D eigenvalue weighted by atomic mass is 9.86. The van der Waals surface area contributed by atoms with Crippen LogP contribution in [0, 0.1) is 0 Å². The van der Waals surface area contributed by atoms with E-state index < -0.39 is 5.97 Å². The molecule has 0 aliphatic heterocycles. The van der Waals surface area contributed by atoms with Gasteiger partial charge in [0.15, 0.2) is 16.6 Å². The van der Waals surface area contributed by atoms with Gasteiger partial charge in [-0.25, -0.2) is 4.79 Å². The zero-order valence-corrected chi connectivity index (χ0v) is 20.0. The zero-order chi connectivity index (χ0) is 24.3. The van der Waals surface area contributed by atoms with E-state index in [0.717, 1.165) is 5.56 Å². The fourth-order valence-electron chi connectivity index (χ4n) is 3.25. The number of benzene rings is 2. The molecule has 9 heteroatoms. The van der Waals surface area contributed by atoms with Gasteiger partial charge in [-0.3, -0.25) is 10.1 Å².